The van der Waals surface area contributed by atoms with E-state index in [1.54, 1.807) is 12.1 Å². The molecule has 0 amide bonds. The van der Waals surface area contributed by atoms with Gasteiger partial charge in [0.1, 0.15) is 30.0 Å². The van der Waals surface area contributed by atoms with Crippen LogP contribution in [0, 0.1) is 55.4 Å². The lowest BCUT2D eigenvalue weighted by molar-refractivity contribution is -0.384. The van der Waals surface area contributed by atoms with Crippen molar-refractivity contribution in [3.8, 4) is 24.3 Å². The largest absolute Gasteiger partial charge is 0.295 e. The number of nitrogens with one attached hydrogen (secondary N) is 1. The molecule has 0 bridgehead atoms. The number of nitro benzene ring substituents is 1. The van der Waals surface area contributed by atoms with Crippen molar-refractivity contribution in [2.75, 3.05) is 5.43 Å². The molecule has 0 aliphatic heterocycles. The lowest BCUT2D eigenvalue weighted by atomic mass is 10.1. The Labute approximate surface area is 112 Å². The third-order valence-corrected chi connectivity index (χ3v) is 2.07. The van der Waals surface area contributed by atoms with Gasteiger partial charge < -0.3 is 0 Å². The molecule has 0 aliphatic rings. The number of benzene rings is 1. The Kier molecular flexibility index (Phi) is 4.31. The SMILES string of the molecule is N#CC(C#N)=NNc1cc(C#N)c(C#N)cc1[N+](=O)[O-]. The average molecular weight is 265 g/mol. The van der Waals surface area contributed by atoms with E-state index in [2.05, 4.69) is 10.5 Å². The van der Waals surface area contributed by atoms with Crippen LogP contribution >= 0.6 is 0 Å². The molecule has 0 atom stereocenters. The molecule has 0 spiro atoms. The molecular formula is C11H3N7O2. The molecule has 9 heteroatoms. The molecule has 0 aliphatic carbocycles. The molecule has 20 heavy (non-hydrogen) atoms. The Morgan fingerprint density at radius 3 is 2.15 bits per heavy atom. The summed E-state index contributed by atoms with van der Waals surface area (Å²) in [6.45, 7) is 0. The molecule has 0 radical (unpaired) electrons. The van der Waals surface area contributed by atoms with Gasteiger partial charge in [-0.2, -0.15) is 26.1 Å². The highest BCUT2D eigenvalue weighted by Crippen LogP contribution is 2.28. The highest BCUT2D eigenvalue weighted by Gasteiger charge is 2.18. The van der Waals surface area contributed by atoms with Gasteiger partial charge in [-0.1, -0.05) is 0 Å². The molecule has 0 saturated heterocycles. The maximum Gasteiger partial charge on any atom is 0.295 e. The molecule has 94 valence electrons. The second-order valence-corrected chi connectivity index (χ2v) is 3.19. The van der Waals surface area contributed by atoms with Crippen molar-refractivity contribution in [3.05, 3.63) is 33.4 Å². The number of anilines is 1. The number of hydrogen-bond acceptors (Lipinski definition) is 8. The molecule has 9 nitrogen and oxygen atoms in total. The quantitative estimate of drug-likeness (QED) is 0.486. The average Bonchev–Trinajstić information content (AvgIpc) is 2.47. The fourth-order valence-electron chi connectivity index (χ4n) is 1.20. The predicted molar refractivity (Wildman–Crippen MR) is 64.8 cm³/mol. The van der Waals surface area contributed by atoms with E-state index in [9.17, 15) is 10.1 Å². The first-order chi connectivity index (χ1) is 9.57. The fraction of sp³-hybridized carbons (Fsp3) is 0. The van der Waals surface area contributed by atoms with Crippen molar-refractivity contribution in [1.82, 2.24) is 0 Å². The summed E-state index contributed by atoms with van der Waals surface area (Å²) in [4.78, 5) is 10.1. The molecule has 0 unspecified atom stereocenters. The van der Waals surface area contributed by atoms with Crippen LogP contribution in [0.25, 0.3) is 0 Å². The number of rotatable bonds is 3. The second-order valence-electron chi connectivity index (χ2n) is 3.19. The number of nitro groups is 1. The first-order valence-corrected chi connectivity index (χ1v) is 4.84. The molecule has 1 rings (SSSR count). The minimum absolute atomic E-state index is 0.0914. The van der Waals surface area contributed by atoms with E-state index in [4.69, 9.17) is 21.0 Å². The van der Waals surface area contributed by atoms with Crippen LogP contribution in [-0.4, -0.2) is 10.6 Å². The molecule has 0 heterocycles. The maximum atomic E-state index is 10.9. The summed E-state index contributed by atoms with van der Waals surface area (Å²) in [6.07, 6.45) is 0. The van der Waals surface area contributed by atoms with Crippen LogP contribution in [0.3, 0.4) is 0 Å². The van der Waals surface area contributed by atoms with Gasteiger partial charge in [-0.15, -0.1) is 0 Å². The zero-order valence-corrected chi connectivity index (χ0v) is 9.65. The topological polar surface area (TPSA) is 163 Å². The van der Waals surface area contributed by atoms with Crippen LogP contribution in [0.15, 0.2) is 17.2 Å². The van der Waals surface area contributed by atoms with Crippen LogP contribution in [0.1, 0.15) is 11.1 Å². The first kappa shape index (κ1) is 14.1. The van der Waals surface area contributed by atoms with E-state index in [0.717, 1.165) is 12.1 Å². The monoisotopic (exact) mass is 265 g/mol. The Hall–Kier alpha value is -3.95. The van der Waals surface area contributed by atoms with Gasteiger partial charge in [0.15, 0.2) is 0 Å². The van der Waals surface area contributed by atoms with Crippen LogP contribution in [-0.2, 0) is 0 Å². The van der Waals surface area contributed by atoms with E-state index < -0.39 is 16.3 Å². The van der Waals surface area contributed by atoms with E-state index in [0.29, 0.717) is 0 Å². The smallest absolute Gasteiger partial charge is 0.270 e. The zero-order valence-electron chi connectivity index (χ0n) is 9.65. The van der Waals surface area contributed by atoms with Gasteiger partial charge in [-0.05, 0) is 6.07 Å². The van der Waals surface area contributed by atoms with E-state index in [-0.39, 0.29) is 16.8 Å². The van der Waals surface area contributed by atoms with Gasteiger partial charge in [0.2, 0.25) is 5.71 Å². The second kappa shape index (κ2) is 6.11. The summed E-state index contributed by atoms with van der Waals surface area (Å²) >= 11 is 0. The van der Waals surface area contributed by atoms with Crippen molar-refractivity contribution >= 4 is 17.1 Å². The third-order valence-electron chi connectivity index (χ3n) is 2.07. The third kappa shape index (κ3) is 2.84. The maximum absolute atomic E-state index is 10.9. The highest BCUT2D eigenvalue weighted by atomic mass is 16.6. The number of nitrogens with zero attached hydrogens (tertiary/aromatic N) is 6. The Morgan fingerprint density at radius 2 is 1.70 bits per heavy atom. The lowest BCUT2D eigenvalue weighted by Crippen LogP contribution is -2.01. The molecule has 0 fully saturated rings. The van der Waals surface area contributed by atoms with Crippen molar-refractivity contribution in [2.45, 2.75) is 0 Å². The van der Waals surface area contributed by atoms with Crippen LogP contribution in [0.5, 0.6) is 0 Å². The van der Waals surface area contributed by atoms with Gasteiger partial charge >= 0.3 is 0 Å². The minimum atomic E-state index is -0.779. The Bertz CT molecular complexity index is 752. The molecule has 1 aromatic rings. The zero-order chi connectivity index (χ0) is 15.1. The van der Waals surface area contributed by atoms with E-state index in [1.165, 1.54) is 12.1 Å². The lowest BCUT2D eigenvalue weighted by Gasteiger charge is -2.03. The van der Waals surface area contributed by atoms with Gasteiger partial charge in [0.25, 0.3) is 5.69 Å². The van der Waals surface area contributed by atoms with Gasteiger partial charge in [-0.25, -0.2) is 0 Å². The molecular weight excluding hydrogens is 262 g/mol. The van der Waals surface area contributed by atoms with Crippen molar-refractivity contribution in [2.24, 2.45) is 5.10 Å². The summed E-state index contributed by atoms with van der Waals surface area (Å²) in [5, 5.41) is 48.8. The Morgan fingerprint density at radius 1 is 1.15 bits per heavy atom. The number of nitriles is 4. The summed E-state index contributed by atoms with van der Waals surface area (Å²) in [5.41, 5.74) is 0.674. The molecule has 0 saturated carbocycles. The summed E-state index contributed by atoms with van der Waals surface area (Å²) in [6, 6.07) is 8.25. The summed E-state index contributed by atoms with van der Waals surface area (Å²) < 4.78 is 0. The predicted octanol–water partition coefficient (Wildman–Crippen LogP) is 1.15. The van der Waals surface area contributed by atoms with E-state index in [1.807, 2.05) is 0 Å². The molecule has 1 N–H and O–H groups in total. The minimum Gasteiger partial charge on any atom is -0.270 e. The van der Waals surface area contributed by atoms with Crippen LogP contribution < -0.4 is 5.43 Å². The number of hydrazone groups is 1. The molecule has 0 aromatic heterocycles. The van der Waals surface area contributed by atoms with Crippen molar-refractivity contribution in [1.29, 1.82) is 21.0 Å². The highest BCUT2D eigenvalue weighted by molar-refractivity contribution is 6.10. The van der Waals surface area contributed by atoms with Gasteiger partial charge in [0.05, 0.1) is 16.1 Å². The summed E-state index contributed by atoms with van der Waals surface area (Å²) in [5.74, 6) is 0. The summed E-state index contributed by atoms with van der Waals surface area (Å²) in [7, 11) is 0. The number of hydrogen-bond donors (Lipinski definition) is 1. The van der Waals surface area contributed by atoms with Crippen molar-refractivity contribution in [3.63, 3.8) is 0 Å². The van der Waals surface area contributed by atoms with Crippen LogP contribution in [0.2, 0.25) is 0 Å². The Balaban J connectivity index is 3.41. The van der Waals surface area contributed by atoms with E-state index >= 15 is 0 Å². The fourth-order valence-corrected chi connectivity index (χ4v) is 1.20. The van der Waals surface area contributed by atoms with Gasteiger partial charge in [-0.3, -0.25) is 15.5 Å². The first-order valence-electron chi connectivity index (χ1n) is 4.84. The normalized spacial score (nSPS) is 8.20. The molecule has 1 aromatic carbocycles. The van der Waals surface area contributed by atoms with Crippen molar-refractivity contribution < 1.29 is 4.92 Å². The van der Waals surface area contributed by atoms with Gasteiger partial charge in [0, 0.05) is 6.07 Å². The standard InChI is InChI=1S/C11H3N7O2/c12-3-7-1-10(17-16-9(5-14)6-15)11(18(19)20)2-8(7)4-13/h1-2,17H. The van der Waals surface area contributed by atoms with Crippen LogP contribution in [0.4, 0.5) is 11.4 Å².